The van der Waals surface area contributed by atoms with Crippen molar-refractivity contribution in [1.82, 2.24) is 14.9 Å². The van der Waals surface area contributed by atoms with Gasteiger partial charge in [0.2, 0.25) is 0 Å². The fourth-order valence-electron chi connectivity index (χ4n) is 1.69. The highest BCUT2D eigenvalue weighted by molar-refractivity contribution is 4.92. The molecule has 0 fully saturated rings. The highest BCUT2D eigenvalue weighted by Crippen LogP contribution is 2.03. The fourth-order valence-corrected chi connectivity index (χ4v) is 1.69. The van der Waals surface area contributed by atoms with Crippen molar-refractivity contribution >= 4 is 0 Å². The highest BCUT2D eigenvalue weighted by Gasteiger charge is 2.04. The summed E-state index contributed by atoms with van der Waals surface area (Å²) in [5.74, 6) is 1.21. The van der Waals surface area contributed by atoms with E-state index in [2.05, 4.69) is 41.8 Å². The Kier molecular flexibility index (Phi) is 5.40. The van der Waals surface area contributed by atoms with Gasteiger partial charge in [-0.3, -0.25) is 0 Å². The van der Waals surface area contributed by atoms with E-state index in [1.54, 1.807) is 0 Å². The normalized spacial score (nSPS) is 13.0. The van der Waals surface area contributed by atoms with Gasteiger partial charge in [0.25, 0.3) is 0 Å². The van der Waals surface area contributed by atoms with Crippen molar-refractivity contribution < 1.29 is 0 Å². The fraction of sp³-hybridized carbons (Fsp3) is 0.750. The molecular weight excluding hydrogens is 186 g/mol. The SMILES string of the molecule is CCCNC(C)CCc1nccn1CC. The Balaban J connectivity index is 2.30. The molecule has 1 unspecified atom stereocenters. The molecule has 0 amide bonds. The van der Waals surface area contributed by atoms with Gasteiger partial charge in [0.15, 0.2) is 0 Å². The van der Waals surface area contributed by atoms with Crippen LogP contribution in [0.5, 0.6) is 0 Å². The summed E-state index contributed by atoms with van der Waals surface area (Å²) in [6.45, 7) is 8.73. The van der Waals surface area contributed by atoms with Gasteiger partial charge in [0.1, 0.15) is 5.82 Å². The van der Waals surface area contributed by atoms with Crippen molar-refractivity contribution in [3.8, 4) is 0 Å². The van der Waals surface area contributed by atoms with Crippen LogP contribution in [-0.4, -0.2) is 22.1 Å². The van der Waals surface area contributed by atoms with Crippen LogP contribution in [0.3, 0.4) is 0 Å². The summed E-state index contributed by atoms with van der Waals surface area (Å²) in [5.41, 5.74) is 0. The van der Waals surface area contributed by atoms with Crippen molar-refractivity contribution in [3.63, 3.8) is 0 Å². The van der Waals surface area contributed by atoms with Crippen LogP contribution in [0.1, 0.15) is 39.4 Å². The molecule has 1 rings (SSSR count). The molecule has 0 aliphatic rings. The highest BCUT2D eigenvalue weighted by atomic mass is 15.1. The third-order valence-electron chi connectivity index (χ3n) is 2.69. The molecule has 0 spiro atoms. The topological polar surface area (TPSA) is 29.9 Å². The number of imidazole rings is 1. The lowest BCUT2D eigenvalue weighted by molar-refractivity contribution is 0.502. The lowest BCUT2D eigenvalue weighted by Crippen LogP contribution is -2.27. The predicted octanol–water partition coefficient (Wildman–Crippen LogP) is 2.22. The first kappa shape index (κ1) is 12.2. The smallest absolute Gasteiger partial charge is 0.108 e. The predicted molar refractivity (Wildman–Crippen MR) is 64.0 cm³/mol. The summed E-state index contributed by atoms with van der Waals surface area (Å²) in [5, 5.41) is 3.50. The van der Waals surface area contributed by atoms with Gasteiger partial charge in [0.05, 0.1) is 0 Å². The minimum Gasteiger partial charge on any atom is -0.335 e. The molecule has 0 radical (unpaired) electrons. The van der Waals surface area contributed by atoms with Crippen molar-refractivity contribution in [2.75, 3.05) is 6.54 Å². The molecule has 0 aromatic carbocycles. The standard InChI is InChI=1S/C12H23N3/c1-4-8-13-11(3)6-7-12-14-9-10-15(12)5-2/h9-11,13H,4-8H2,1-3H3. The molecule has 1 atom stereocenters. The minimum atomic E-state index is 0.590. The van der Waals surface area contributed by atoms with Crippen molar-refractivity contribution in [1.29, 1.82) is 0 Å². The number of hydrogen-bond acceptors (Lipinski definition) is 2. The lowest BCUT2D eigenvalue weighted by atomic mass is 10.1. The average molecular weight is 209 g/mol. The van der Waals surface area contributed by atoms with Crippen LogP contribution in [0.25, 0.3) is 0 Å². The zero-order chi connectivity index (χ0) is 11.1. The van der Waals surface area contributed by atoms with E-state index in [-0.39, 0.29) is 0 Å². The van der Waals surface area contributed by atoms with Crippen LogP contribution in [0.2, 0.25) is 0 Å². The monoisotopic (exact) mass is 209 g/mol. The van der Waals surface area contributed by atoms with Crippen molar-refractivity contribution in [3.05, 3.63) is 18.2 Å². The molecule has 3 nitrogen and oxygen atoms in total. The van der Waals surface area contributed by atoms with E-state index in [9.17, 15) is 0 Å². The summed E-state index contributed by atoms with van der Waals surface area (Å²) in [7, 11) is 0. The zero-order valence-corrected chi connectivity index (χ0v) is 10.2. The summed E-state index contributed by atoms with van der Waals surface area (Å²) < 4.78 is 2.21. The summed E-state index contributed by atoms with van der Waals surface area (Å²) in [4.78, 5) is 4.37. The molecule has 1 heterocycles. The van der Waals surface area contributed by atoms with Crippen LogP contribution in [-0.2, 0) is 13.0 Å². The van der Waals surface area contributed by atoms with Crippen LogP contribution in [0.4, 0.5) is 0 Å². The van der Waals surface area contributed by atoms with Crippen LogP contribution in [0.15, 0.2) is 12.4 Å². The van der Waals surface area contributed by atoms with Crippen molar-refractivity contribution in [2.24, 2.45) is 0 Å². The second kappa shape index (κ2) is 6.62. The Morgan fingerprint density at radius 1 is 1.47 bits per heavy atom. The molecule has 15 heavy (non-hydrogen) atoms. The van der Waals surface area contributed by atoms with Gasteiger partial charge >= 0.3 is 0 Å². The second-order valence-corrected chi connectivity index (χ2v) is 4.02. The van der Waals surface area contributed by atoms with Gasteiger partial charge in [-0.1, -0.05) is 6.92 Å². The van der Waals surface area contributed by atoms with Gasteiger partial charge in [0, 0.05) is 31.4 Å². The van der Waals surface area contributed by atoms with E-state index in [1.807, 2.05) is 6.20 Å². The summed E-state index contributed by atoms with van der Waals surface area (Å²) >= 11 is 0. The van der Waals surface area contributed by atoms with Crippen LogP contribution >= 0.6 is 0 Å². The van der Waals surface area contributed by atoms with Crippen LogP contribution in [0, 0.1) is 0 Å². The van der Waals surface area contributed by atoms with Crippen LogP contribution < -0.4 is 5.32 Å². The van der Waals surface area contributed by atoms with Gasteiger partial charge in [-0.25, -0.2) is 4.98 Å². The second-order valence-electron chi connectivity index (χ2n) is 4.02. The molecular formula is C12H23N3. The van der Waals surface area contributed by atoms with Gasteiger partial charge in [-0.05, 0) is 33.2 Å². The molecule has 1 N–H and O–H groups in total. The number of rotatable bonds is 7. The number of nitrogens with one attached hydrogen (secondary N) is 1. The number of aryl methyl sites for hydroxylation is 2. The Labute approximate surface area is 92.9 Å². The molecule has 0 saturated carbocycles. The molecule has 1 aromatic rings. The first-order valence-electron chi connectivity index (χ1n) is 6.01. The quantitative estimate of drug-likeness (QED) is 0.746. The third-order valence-corrected chi connectivity index (χ3v) is 2.69. The Morgan fingerprint density at radius 3 is 2.93 bits per heavy atom. The maximum absolute atomic E-state index is 4.37. The third kappa shape index (κ3) is 4.04. The largest absolute Gasteiger partial charge is 0.335 e. The van der Waals surface area contributed by atoms with Gasteiger partial charge in [-0.15, -0.1) is 0 Å². The Hall–Kier alpha value is -0.830. The maximum Gasteiger partial charge on any atom is 0.108 e. The van der Waals surface area contributed by atoms with Gasteiger partial charge in [-0.2, -0.15) is 0 Å². The average Bonchev–Trinajstić information content (AvgIpc) is 2.70. The first-order chi connectivity index (χ1) is 7.27. The van der Waals surface area contributed by atoms with Crippen molar-refractivity contribution in [2.45, 2.75) is 52.6 Å². The molecule has 0 aliphatic heterocycles. The molecule has 0 saturated heterocycles. The zero-order valence-electron chi connectivity index (χ0n) is 10.2. The first-order valence-corrected chi connectivity index (χ1v) is 6.01. The maximum atomic E-state index is 4.37. The summed E-state index contributed by atoms with van der Waals surface area (Å²) in [6, 6.07) is 0.590. The number of nitrogens with zero attached hydrogens (tertiary/aromatic N) is 2. The molecule has 86 valence electrons. The number of aromatic nitrogens is 2. The molecule has 3 heteroatoms. The van der Waals surface area contributed by atoms with Gasteiger partial charge < -0.3 is 9.88 Å². The molecule has 0 aliphatic carbocycles. The molecule has 0 bridgehead atoms. The molecule has 1 aromatic heterocycles. The van der Waals surface area contributed by atoms with E-state index in [1.165, 1.54) is 12.2 Å². The van der Waals surface area contributed by atoms with E-state index in [0.717, 1.165) is 25.9 Å². The van der Waals surface area contributed by atoms with E-state index in [0.29, 0.717) is 6.04 Å². The lowest BCUT2D eigenvalue weighted by Gasteiger charge is -2.13. The Morgan fingerprint density at radius 2 is 2.27 bits per heavy atom. The van der Waals surface area contributed by atoms with E-state index in [4.69, 9.17) is 0 Å². The minimum absolute atomic E-state index is 0.590. The number of hydrogen-bond donors (Lipinski definition) is 1. The van der Waals surface area contributed by atoms with E-state index >= 15 is 0 Å². The summed E-state index contributed by atoms with van der Waals surface area (Å²) in [6.07, 6.45) is 7.38. The Bertz CT molecular complexity index is 268. The van der Waals surface area contributed by atoms with E-state index < -0.39 is 0 Å².